The molecule has 0 radical (unpaired) electrons. The zero-order valence-electron chi connectivity index (χ0n) is 15.4. The number of rotatable bonds is 6. The highest BCUT2D eigenvalue weighted by Gasteiger charge is 2.26. The molecule has 9 heteroatoms. The number of aryl methyl sites for hydroxylation is 2. The lowest BCUT2D eigenvalue weighted by atomic mass is 9.99. The molecular formula is C18H20ClF4N3O. The average Bonchev–Trinajstić information content (AvgIpc) is 2.83. The van der Waals surface area contributed by atoms with E-state index in [-0.39, 0.29) is 18.8 Å². The summed E-state index contributed by atoms with van der Waals surface area (Å²) in [5, 5.41) is 6.61. The van der Waals surface area contributed by atoms with Crippen LogP contribution in [0.5, 0.6) is 0 Å². The Kier molecular flexibility index (Phi) is 6.51. The van der Waals surface area contributed by atoms with Crippen LogP contribution in [-0.2, 0) is 31.2 Å². The van der Waals surface area contributed by atoms with Crippen molar-refractivity contribution >= 4 is 17.5 Å². The third-order valence-electron chi connectivity index (χ3n) is 4.11. The zero-order valence-corrected chi connectivity index (χ0v) is 16.1. The van der Waals surface area contributed by atoms with Gasteiger partial charge in [-0.2, -0.15) is 5.10 Å². The average molecular weight is 406 g/mol. The van der Waals surface area contributed by atoms with E-state index in [9.17, 15) is 22.4 Å². The van der Waals surface area contributed by atoms with Gasteiger partial charge in [-0.1, -0.05) is 25.4 Å². The summed E-state index contributed by atoms with van der Waals surface area (Å²) in [6, 6.07) is 0. The monoisotopic (exact) mass is 405 g/mol. The molecule has 27 heavy (non-hydrogen) atoms. The molecule has 2 rings (SSSR count). The second-order valence-electron chi connectivity index (χ2n) is 6.73. The highest BCUT2D eigenvalue weighted by atomic mass is 35.5. The van der Waals surface area contributed by atoms with Gasteiger partial charge in [-0.25, -0.2) is 17.6 Å². The van der Waals surface area contributed by atoms with Crippen LogP contribution in [0.4, 0.5) is 17.6 Å². The normalized spacial score (nSPS) is 11.3. The number of halogens is 5. The van der Waals surface area contributed by atoms with Crippen LogP contribution < -0.4 is 5.32 Å². The van der Waals surface area contributed by atoms with Crippen molar-refractivity contribution in [2.24, 2.45) is 13.0 Å². The Bertz CT molecular complexity index is 851. The molecular weight excluding hydrogens is 386 g/mol. The largest absolute Gasteiger partial charge is 0.351 e. The number of amides is 1. The molecule has 0 fully saturated rings. The van der Waals surface area contributed by atoms with Crippen molar-refractivity contribution in [2.45, 2.75) is 40.2 Å². The Balaban J connectivity index is 2.19. The number of aromatic nitrogens is 2. The minimum Gasteiger partial charge on any atom is -0.351 e. The van der Waals surface area contributed by atoms with E-state index in [1.54, 1.807) is 27.8 Å². The molecule has 148 valence electrons. The van der Waals surface area contributed by atoms with E-state index < -0.39 is 46.8 Å². The summed E-state index contributed by atoms with van der Waals surface area (Å²) in [6.07, 6.45) is -0.341. The molecule has 1 aromatic carbocycles. The van der Waals surface area contributed by atoms with Gasteiger partial charge < -0.3 is 5.32 Å². The van der Waals surface area contributed by atoms with Crippen molar-refractivity contribution in [2.75, 3.05) is 0 Å². The maximum absolute atomic E-state index is 14.2. The van der Waals surface area contributed by atoms with Gasteiger partial charge in [0.2, 0.25) is 5.91 Å². The first-order valence-electron chi connectivity index (χ1n) is 8.32. The fraction of sp³-hybridized carbons (Fsp3) is 0.444. The summed E-state index contributed by atoms with van der Waals surface area (Å²) in [4.78, 5) is 12.1. The third-order valence-corrected chi connectivity index (χ3v) is 4.60. The van der Waals surface area contributed by atoms with E-state index in [0.29, 0.717) is 16.4 Å². The van der Waals surface area contributed by atoms with E-state index in [2.05, 4.69) is 10.4 Å². The molecule has 0 saturated heterocycles. The van der Waals surface area contributed by atoms with Gasteiger partial charge in [0.05, 0.1) is 22.8 Å². The van der Waals surface area contributed by atoms with Crippen LogP contribution in [0.2, 0.25) is 5.02 Å². The second-order valence-corrected chi connectivity index (χ2v) is 7.11. The summed E-state index contributed by atoms with van der Waals surface area (Å²) in [5.41, 5.74) is -0.549. The molecule has 0 unspecified atom stereocenters. The predicted molar refractivity (Wildman–Crippen MR) is 93.3 cm³/mol. The van der Waals surface area contributed by atoms with Crippen molar-refractivity contribution in [1.82, 2.24) is 15.1 Å². The third kappa shape index (κ3) is 4.43. The Hall–Kier alpha value is -2.09. The minimum absolute atomic E-state index is 0.142. The number of nitrogens with one attached hydrogen (secondary N) is 1. The quantitative estimate of drug-likeness (QED) is 0.583. The number of hydrogen-bond donors (Lipinski definition) is 1. The van der Waals surface area contributed by atoms with Crippen molar-refractivity contribution in [3.8, 4) is 0 Å². The Morgan fingerprint density at radius 1 is 1.11 bits per heavy atom. The molecule has 1 amide bonds. The minimum atomic E-state index is -1.50. The van der Waals surface area contributed by atoms with Gasteiger partial charge in [0.15, 0.2) is 23.3 Å². The van der Waals surface area contributed by atoms with Gasteiger partial charge in [-0.3, -0.25) is 9.48 Å². The molecule has 1 aromatic heterocycles. The first-order chi connectivity index (χ1) is 12.5. The van der Waals surface area contributed by atoms with E-state index in [1.807, 2.05) is 0 Å². The standard InChI is InChI=1S/C18H20ClF4N3O/c1-8(2)5-10-15(20)17(22)11(18(23)16(10)21)7-24-13(27)6-12-14(19)9(3)25-26(12)4/h8H,5-7H2,1-4H3,(H,24,27). The molecule has 0 aliphatic rings. The van der Waals surface area contributed by atoms with Crippen LogP contribution in [0.15, 0.2) is 0 Å². The summed E-state index contributed by atoms with van der Waals surface area (Å²) in [7, 11) is 1.60. The Morgan fingerprint density at radius 3 is 2.07 bits per heavy atom. The molecule has 0 atom stereocenters. The second kappa shape index (κ2) is 8.29. The Morgan fingerprint density at radius 2 is 1.63 bits per heavy atom. The van der Waals surface area contributed by atoms with Crippen molar-refractivity contribution < 1.29 is 22.4 Å². The van der Waals surface area contributed by atoms with Gasteiger partial charge in [-0.05, 0) is 19.3 Å². The molecule has 0 bridgehead atoms. The van der Waals surface area contributed by atoms with Crippen molar-refractivity contribution in [3.05, 3.63) is 50.8 Å². The lowest BCUT2D eigenvalue weighted by Gasteiger charge is -2.14. The van der Waals surface area contributed by atoms with Gasteiger partial charge in [0, 0.05) is 24.7 Å². The molecule has 0 saturated carbocycles. The molecule has 1 N–H and O–H groups in total. The molecule has 2 aromatic rings. The molecule has 0 aliphatic carbocycles. The van der Waals surface area contributed by atoms with Crippen LogP contribution in [0.3, 0.4) is 0 Å². The first kappa shape index (κ1) is 21.2. The topological polar surface area (TPSA) is 46.9 Å². The summed E-state index contributed by atoms with van der Waals surface area (Å²) >= 11 is 6.04. The maximum atomic E-state index is 14.2. The summed E-state index contributed by atoms with van der Waals surface area (Å²) < 4.78 is 58.0. The van der Waals surface area contributed by atoms with E-state index in [4.69, 9.17) is 11.6 Å². The van der Waals surface area contributed by atoms with Crippen molar-refractivity contribution in [3.63, 3.8) is 0 Å². The number of nitrogens with zero attached hydrogens (tertiary/aromatic N) is 2. The lowest BCUT2D eigenvalue weighted by Crippen LogP contribution is -2.27. The predicted octanol–water partition coefficient (Wildman–Crippen LogP) is 4.00. The number of carbonyl (C=O) groups excluding carboxylic acids is 1. The Labute approximate surface area is 159 Å². The molecule has 0 aliphatic heterocycles. The highest BCUT2D eigenvalue weighted by molar-refractivity contribution is 6.32. The highest BCUT2D eigenvalue weighted by Crippen LogP contribution is 2.26. The van der Waals surface area contributed by atoms with E-state index in [1.165, 1.54) is 4.68 Å². The smallest absolute Gasteiger partial charge is 0.226 e. The van der Waals surface area contributed by atoms with E-state index >= 15 is 0 Å². The number of hydrogen-bond acceptors (Lipinski definition) is 2. The lowest BCUT2D eigenvalue weighted by molar-refractivity contribution is -0.120. The molecule has 1 heterocycles. The fourth-order valence-corrected chi connectivity index (χ4v) is 2.97. The first-order valence-corrected chi connectivity index (χ1v) is 8.70. The molecule has 0 spiro atoms. The van der Waals surface area contributed by atoms with Crippen LogP contribution in [0.1, 0.15) is 36.4 Å². The van der Waals surface area contributed by atoms with Gasteiger partial charge in [0.25, 0.3) is 0 Å². The van der Waals surface area contributed by atoms with Crippen LogP contribution in [0.25, 0.3) is 0 Å². The molecule has 4 nitrogen and oxygen atoms in total. The zero-order chi connectivity index (χ0) is 20.5. The van der Waals surface area contributed by atoms with Gasteiger partial charge in [0.1, 0.15) is 0 Å². The number of carbonyl (C=O) groups is 1. The summed E-state index contributed by atoms with van der Waals surface area (Å²) in [6.45, 7) is 4.32. The van der Waals surface area contributed by atoms with Gasteiger partial charge >= 0.3 is 0 Å². The van der Waals surface area contributed by atoms with Crippen LogP contribution in [0, 0.1) is 36.1 Å². The maximum Gasteiger partial charge on any atom is 0.226 e. The van der Waals surface area contributed by atoms with E-state index in [0.717, 1.165) is 0 Å². The van der Waals surface area contributed by atoms with Crippen molar-refractivity contribution in [1.29, 1.82) is 0 Å². The SMILES string of the molecule is Cc1nn(C)c(CC(=O)NCc2c(F)c(F)c(CC(C)C)c(F)c2F)c1Cl. The van der Waals surface area contributed by atoms with Gasteiger partial charge in [-0.15, -0.1) is 0 Å². The fourth-order valence-electron chi connectivity index (χ4n) is 2.74. The van der Waals surface area contributed by atoms with Crippen LogP contribution >= 0.6 is 11.6 Å². The number of benzene rings is 1. The van der Waals surface area contributed by atoms with Crippen LogP contribution in [-0.4, -0.2) is 15.7 Å². The summed E-state index contributed by atoms with van der Waals surface area (Å²) in [5.74, 6) is -6.68.